The van der Waals surface area contributed by atoms with Gasteiger partial charge < -0.3 is 5.32 Å². The van der Waals surface area contributed by atoms with Crippen LogP contribution in [0.15, 0.2) is 4.34 Å². The number of hydrogen-bond acceptors (Lipinski definition) is 7. The molecule has 10 heteroatoms. The summed E-state index contributed by atoms with van der Waals surface area (Å²) in [5.41, 5.74) is 0. The number of aromatic nitrogens is 2. The van der Waals surface area contributed by atoms with Gasteiger partial charge in [-0.25, -0.2) is 8.42 Å². The van der Waals surface area contributed by atoms with Crippen LogP contribution in [0.25, 0.3) is 0 Å². The van der Waals surface area contributed by atoms with Gasteiger partial charge in [0.05, 0.1) is 12.0 Å². The number of amides is 1. The molecule has 0 spiro atoms. The zero-order chi connectivity index (χ0) is 15.3. The number of carbonyl (C=O) groups excluding carboxylic acids is 1. The molecular weight excluding hydrogens is 302 g/mol. The molecule has 20 heavy (non-hydrogen) atoms. The van der Waals surface area contributed by atoms with Crippen LogP contribution in [-0.2, 0) is 14.8 Å². The lowest BCUT2D eigenvalue weighted by Crippen LogP contribution is -2.34. The Labute approximate surface area is 121 Å². The normalized spacial score (nSPS) is 12.9. The van der Waals surface area contributed by atoms with Crippen LogP contribution in [0.1, 0.15) is 20.8 Å². The van der Waals surface area contributed by atoms with Crippen molar-refractivity contribution in [3.63, 3.8) is 0 Å². The number of nitrogens with one attached hydrogen (secondary N) is 1. The van der Waals surface area contributed by atoms with Gasteiger partial charge in [-0.2, -0.15) is 9.57 Å². The van der Waals surface area contributed by atoms with Gasteiger partial charge >= 0.3 is 0 Å². The van der Waals surface area contributed by atoms with Crippen LogP contribution < -0.4 is 5.32 Å². The highest BCUT2D eigenvalue weighted by Gasteiger charge is 2.28. The van der Waals surface area contributed by atoms with Crippen molar-refractivity contribution in [1.29, 1.82) is 5.26 Å². The fourth-order valence-electron chi connectivity index (χ4n) is 1.37. The topological polar surface area (TPSA) is 116 Å². The van der Waals surface area contributed by atoms with Crippen molar-refractivity contribution in [3.05, 3.63) is 0 Å². The second-order valence-electron chi connectivity index (χ2n) is 4.04. The largest absolute Gasteiger partial charge is 0.301 e. The Morgan fingerprint density at radius 3 is 2.70 bits per heavy atom. The molecule has 0 saturated heterocycles. The molecule has 0 saturated carbocycles. The lowest BCUT2D eigenvalue weighted by Gasteiger charge is -2.19. The van der Waals surface area contributed by atoms with Crippen LogP contribution in [0, 0.1) is 17.2 Å². The minimum Gasteiger partial charge on any atom is -0.301 e. The van der Waals surface area contributed by atoms with E-state index in [1.165, 1.54) is 11.2 Å². The lowest BCUT2D eigenvalue weighted by molar-refractivity contribution is -0.114. The fourth-order valence-corrected chi connectivity index (χ4v) is 3.99. The molecule has 1 atom stereocenters. The molecule has 0 aliphatic heterocycles. The summed E-state index contributed by atoms with van der Waals surface area (Å²) in [7, 11) is -3.80. The average Bonchev–Trinajstić information content (AvgIpc) is 2.83. The SMILES string of the molecule is CCN(CC(C)C#N)S(=O)(=O)c1nnc(NC(C)=O)s1. The Balaban J connectivity index is 2.99. The molecule has 0 aromatic carbocycles. The first-order valence-corrected chi connectivity index (χ1v) is 8.07. The second kappa shape index (κ2) is 6.74. The second-order valence-corrected chi connectivity index (χ2v) is 7.13. The molecule has 0 bridgehead atoms. The molecule has 0 radical (unpaired) electrons. The van der Waals surface area contributed by atoms with Gasteiger partial charge in [0.25, 0.3) is 10.0 Å². The molecule has 1 heterocycles. The zero-order valence-electron chi connectivity index (χ0n) is 11.3. The number of carbonyl (C=O) groups is 1. The van der Waals surface area contributed by atoms with Gasteiger partial charge in [-0.15, -0.1) is 10.2 Å². The van der Waals surface area contributed by atoms with Crippen molar-refractivity contribution in [2.24, 2.45) is 5.92 Å². The van der Waals surface area contributed by atoms with Gasteiger partial charge in [0.2, 0.25) is 15.4 Å². The van der Waals surface area contributed by atoms with Gasteiger partial charge in [0.1, 0.15) is 0 Å². The first-order valence-electron chi connectivity index (χ1n) is 5.82. The number of rotatable bonds is 6. The predicted molar refractivity (Wildman–Crippen MR) is 73.4 cm³/mol. The molecule has 0 aliphatic carbocycles. The summed E-state index contributed by atoms with van der Waals surface area (Å²) in [5.74, 6) is -0.775. The van der Waals surface area contributed by atoms with Gasteiger partial charge in [-0.05, 0) is 6.92 Å². The van der Waals surface area contributed by atoms with E-state index in [4.69, 9.17) is 5.26 Å². The van der Waals surface area contributed by atoms with Crippen molar-refractivity contribution in [2.45, 2.75) is 25.1 Å². The van der Waals surface area contributed by atoms with Crippen LogP contribution in [-0.4, -0.2) is 41.9 Å². The summed E-state index contributed by atoms with van der Waals surface area (Å²) < 4.78 is 25.6. The van der Waals surface area contributed by atoms with E-state index in [1.54, 1.807) is 13.8 Å². The highest BCUT2D eigenvalue weighted by atomic mass is 32.2. The van der Waals surface area contributed by atoms with Gasteiger partial charge in [-0.3, -0.25) is 4.79 Å². The third-order valence-electron chi connectivity index (χ3n) is 2.30. The van der Waals surface area contributed by atoms with E-state index >= 15 is 0 Å². The van der Waals surface area contributed by atoms with Crippen LogP contribution >= 0.6 is 11.3 Å². The predicted octanol–water partition coefficient (Wildman–Crippen LogP) is 0.667. The third-order valence-corrected chi connectivity index (χ3v) is 5.43. The number of hydrogen-bond donors (Lipinski definition) is 1. The Hall–Kier alpha value is -1.57. The standard InChI is InChI=1S/C10H15N5O3S2/c1-4-15(6-7(2)5-11)20(17,18)10-14-13-9(19-10)12-8(3)16/h7H,4,6H2,1-3H3,(H,12,13,16). The van der Waals surface area contributed by atoms with Crippen LogP contribution in [0.2, 0.25) is 0 Å². The molecule has 1 N–H and O–H groups in total. The summed E-state index contributed by atoms with van der Waals surface area (Å²) in [5, 5.41) is 18.5. The number of anilines is 1. The van der Waals surface area contributed by atoms with Gasteiger partial charge in [0.15, 0.2) is 0 Å². The number of sulfonamides is 1. The third kappa shape index (κ3) is 3.96. The van der Waals surface area contributed by atoms with Crippen molar-refractivity contribution in [1.82, 2.24) is 14.5 Å². The molecule has 1 aromatic rings. The van der Waals surface area contributed by atoms with E-state index in [0.717, 1.165) is 11.3 Å². The molecule has 110 valence electrons. The lowest BCUT2D eigenvalue weighted by atomic mass is 10.2. The van der Waals surface area contributed by atoms with Crippen molar-refractivity contribution in [3.8, 4) is 6.07 Å². The van der Waals surface area contributed by atoms with E-state index in [1.807, 2.05) is 6.07 Å². The average molecular weight is 317 g/mol. The Morgan fingerprint density at radius 1 is 1.55 bits per heavy atom. The summed E-state index contributed by atoms with van der Waals surface area (Å²) in [6, 6.07) is 1.99. The summed E-state index contributed by atoms with van der Waals surface area (Å²) in [6.45, 7) is 4.93. The highest BCUT2D eigenvalue weighted by molar-refractivity contribution is 7.91. The van der Waals surface area contributed by atoms with E-state index in [0.29, 0.717) is 0 Å². The minimum atomic E-state index is -3.80. The van der Waals surface area contributed by atoms with E-state index in [-0.39, 0.29) is 28.5 Å². The van der Waals surface area contributed by atoms with E-state index < -0.39 is 15.9 Å². The number of nitrogens with zero attached hydrogens (tertiary/aromatic N) is 4. The number of nitriles is 1. The molecule has 0 aliphatic rings. The zero-order valence-corrected chi connectivity index (χ0v) is 13.0. The van der Waals surface area contributed by atoms with Crippen LogP contribution in [0.3, 0.4) is 0 Å². The molecule has 1 aromatic heterocycles. The fraction of sp³-hybridized carbons (Fsp3) is 0.600. The molecule has 1 unspecified atom stereocenters. The maximum atomic E-state index is 12.3. The first kappa shape index (κ1) is 16.5. The molecule has 0 fully saturated rings. The first-order chi connectivity index (χ1) is 9.31. The minimum absolute atomic E-state index is 0.0877. The van der Waals surface area contributed by atoms with Crippen molar-refractivity contribution < 1.29 is 13.2 Å². The molecule has 8 nitrogen and oxygen atoms in total. The summed E-state index contributed by atoms with van der Waals surface area (Å²) >= 11 is 0.780. The maximum absolute atomic E-state index is 12.3. The van der Waals surface area contributed by atoms with E-state index in [9.17, 15) is 13.2 Å². The summed E-state index contributed by atoms with van der Waals surface area (Å²) in [4.78, 5) is 10.9. The highest BCUT2D eigenvalue weighted by Crippen LogP contribution is 2.23. The van der Waals surface area contributed by atoms with Gasteiger partial charge in [0, 0.05) is 20.0 Å². The van der Waals surface area contributed by atoms with Gasteiger partial charge in [-0.1, -0.05) is 18.3 Å². The van der Waals surface area contributed by atoms with Crippen molar-refractivity contribution in [2.75, 3.05) is 18.4 Å². The van der Waals surface area contributed by atoms with Crippen molar-refractivity contribution >= 4 is 32.4 Å². The Bertz CT molecular complexity index is 619. The maximum Gasteiger partial charge on any atom is 0.272 e. The molecular formula is C10H15N5O3S2. The molecule has 1 amide bonds. The monoisotopic (exact) mass is 317 g/mol. The molecule has 1 rings (SSSR count). The quantitative estimate of drug-likeness (QED) is 0.771. The Kier molecular flexibility index (Phi) is 5.55. The Morgan fingerprint density at radius 2 is 2.20 bits per heavy atom. The van der Waals surface area contributed by atoms with Crippen LogP contribution in [0.5, 0.6) is 0 Å². The smallest absolute Gasteiger partial charge is 0.272 e. The van der Waals surface area contributed by atoms with E-state index in [2.05, 4.69) is 15.5 Å². The van der Waals surface area contributed by atoms with Crippen LogP contribution in [0.4, 0.5) is 5.13 Å². The summed E-state index contributed by atoms with van der Waals surface area (Å²) in [6.07, 6.45) is 0.